The molecule has 0 saturated carbocycles. The predicted molar refractivity (Wildman–Crippen MR) is 36.8 cm³/mol. The van der Waals surface area contributed by atoms with Crippen molar-refractivity contribution in [2.75, 3.05) is 0 Å². The molecule has 0 aromatic heterocycles. The van der Waals surface area contributed by atoms with Gasteiger partial charge in [-0.3, -0.25) is 0 Å². The second-order valence-electron chi connectivity index (χ2n) is 1.93. The van der Waals surface area contributed by atoms with E-state index in [0.29, 0.717) is 5.92 Å². The molecule has 0 spiro atoms. The van der Waals surface area contributed by atoms with Crippen LogP contribution < -0.4 is 0 Å². The molecule has 1 aliphatic carbocycles. The van der Waals surface area contributed by atoms with E-state index in [2.05, 4.69) is 34.0 Å². The first kappa shape index (κ1) is 7.55. The third kappa shape index (κ3) is 2.68. The van der Waals surface area contributed by atoms with Crippen LogP contribution in [-0.4, -0.2) is 0 Å². The van der Waals surface area contributed by atoms with Crippen molar-refractivity contribution in [1.29, 1.82) is 0 Å². The molecule has 0 unspecified atom stereocenters. The van der Waals surface area contributed by atoms with Gasteiger partial charge in [0.05, 0.1) is 0 Å². The molecule has 1 rings (SSSR count). The van der Waals surface area contributed by atoms with E-state index in [1.165, 1.54) is 0 Å². The minimum absolute atomic E-state index is 0.545. The van der Waals surface area contributed by atoms with E-state index in [1.54, 1.807) is 0 Å². The summed E-state index contributed by atoms with van der Waals surface area (Å²) in [6.07, 6.45) is 10.7. The van der Waals surface area contributed by atoms with E-state index < -0.39 is 23.3 Å². The quantitative estimate of drug-likeness (QED) is 0.684. The van der Waals surface area contributed by atoms with E-state index in [4.69, 9.17) is 8.25 Å². The molecule has 9 heavy (non-hydrogen) atoms. The molecular weight excluding hydrogens is 320 g/mol. The van der Waals surface area contributed by atoms with Crippen LogP contribution in [0.25, 0.3) is 0 Å². The maximum absolute atomic E-state index is 5.67. The second-order valence-corrected chi connectivity index (χ2v) is 7.67. The second kappa shape index (κ2) is 4.29. The van der Waals surface area contributed by atoms with E-state index >= 15 is 0 Å². The standard InChI is InChI=1S/C7H7.ClH.Hg/c1-2-7-5-3-4-6-7;;/h1-7H;1H;/q;;+1/p-1. The van der Waals surface area contributed by atoms with Crippen LogP contribution >= 0.6 is 8.25 Å². The van der Waals surface area contributed by atoms with Gasteiger partial charge < -0.3 is 0 Å². The Labute approximate surface area is 71.2 Å². The van der Waals surface area contributed by atoms with Crippen LogP contribution in [-0.2, 0) is 23.3 Å². The van der Waals surface area contributed by atoms with Crippen molar-refractivity contribution in [2.24, 2.45) is 5.92 Å². The zero-order valence-electron chi connectivity index (χ0n) is 5.13. The molecule has 0 aromatic carbocycles. The Balaban J connectivity index is 2.36. The molecular formula is C7H7ClHg. The molecule has 0 bridgehead atoms. The van der Waals surface area contributed by atoms with Gasteiger partial charge in [-0.05, 0) is 0 Å². The van der Waals surface area contributed by atoms with Crippen molar-refractivity contribution in [3.63, 3.8) is 0 Å². The first-order valence-electron chi connectivity index (χ1n) is 3.01. The fraction of sp³-hybridized carbons (Fsp3) is 0.143. The average molecular weight is 327 g/mol. The molecule has 0 nitrogen and oxygen atoms in total. The third-order valence-electron chi connectivity index (χ3n) is 1.23. The molecule has 0 saturated heterocycles. The van der Waals surface area contributed by atoms with Gasteiger partial charge in [0.25, 0.3) is 0 Å². The van der Waals surface area contributed by atoms with Gasteiger partial charge in [0.2, 0.25) is 0 Å². The fourth-order valence-electron chi connectivity index (χ4n) is 0.786. The van der Waals surface area contributed by atoms with Crippen molar-refractivity contribution in [1.82, 2.24) is 0 Å². The van der Waals surface area contributed by atoms with Gasteiger partial charge in [0.1, 0.15) is 0 Å². The van der Waals surface area contributed by atoms with Gasteiger partial charge in [-0.1, -0.05) is 0 Å². The van der Waals surface area contributed by atoms with Gasteiger partial charge in [-0.25, -0.2) is 0 Å². The zero-order chi connectivity index (χ0) is 6.53. The normalized spacial score (nSPS) is 17.4. The van der Waals surface area contributed by atoms with Gasteiger partial charge in [0.15, 0.2) is 0 Å². The first-order chi connectivity index (χ1) is 4.43. The van der Waals surface area contributed by atoms with E-state index in [0.717, 1.165) is 0 Å². The Kier molecular flexibility index (Phi) is 3.60. The van der Waals surface area contributed by atoms with Crippen LogP contribution in [0.15, 0.2) is 34.0 Å². The van der Waals surface area contributed by atoms with Gasteiger partial charge in [-0.15, -0.1) is 0 Å². The third-order valence-corrected chi connectivity index (χ3v) is 4.54. The Morgan fingerprint density at radius 1 is 1.33 bits per heavy atom. The molecule has 0 heterocycles. The summed E-state index contributed by atoms with van der Waals surface area (Å²) in [7, 11) is 5.67. The van der Waals surface area contributed by atoms with Crippen LogP contribution in [0.3, 0.4) is 0 Å². The Morgan fingerprint density at radius 3 is 2.56 bits per heavy atom. The fourth-order valence-corrected chi connectivity index (χ4v) is 3.31. The molecule has 44 valence electrons. The van der Waals surface area contributed by atoms with Crippen molar-refractivity contribution in [3.8, 4) is 0 Å². The van der Waals surface area contributed by atoms with Crippen molar-refractivity contribution < 1.29 is 23.3 Å². The van der Waals surface area contributed by atoms with Crippen LogP contribution in [0.2, 0.25) is 0 Å². The van der Waals surface area contributed by atoms with E-state index in [9.17, 15) is 0 Å². The van der Waals surface area contributed by atoms with Gasteiger partial charge in [0, 0.05) is 0 Å². The molecule has 0 N–H and O–H groups in total. The monoisotopic (exact) mass is 328 g/mol. The molecule has 0 aliphatic heterocycles. The number of halogens is 1. The molecule has 0 aromatic rings. The SMILES string of the molecule is [Cl][Hg][CH]=CC1C=CC=C1. The summed E-state index contributed by atoms with van der Waals surface area (Å²) in [5.41, 5.74) is 0. The summed E-state index contributed by atoms with van der Waals surface area (Å²) >= 11 is -0.999. The number of hydrogen-bond donors (Lipinski definition) is 0. The topological polar surface area (TPSA) is 0 Å². The Hall–Kier alpha value is 0.445. The predicted octanol–water partition coefficient (Wildman–Crippen LogP) is 2.48. The summed E-state index contributed by atoms with van der Waals surface area (Å²) in [6.45, 7) is 0. The summed E-state index contributed by atoms with van der Waals surface area (Å²) in [4.78, 5) is 0. The average Bonchev–Trinajstić information content (AvgIpc) is 2.34. The first-order valence-corrected chi connectivity index (χ1v) is 13.0. The van der Waals surface area contributed by atoms with Crippen LogP contribution in [0, 0.1) is 5.92 Å². The number of rotatable bonds is 2. The molecule has 0 radical (unpaired) electrons. The molecule has 0 fully saturated rings. The summed E-state index contributed by atoms with van der Waals surface area (Å²) in [5.74, 6) is 0.545. The van der Waals surface area contributed by atoms with Gasteiger partial charge >= 0.3 is 71.5 Å². The van der Waals surface area contributed by atoms with Crippen LogP contribution in [0.4, 0.5) is 0 Å². The Bertz CT molecular complexity index is 146. The molecule has 0 atom stereocenters. The van der Waals surface area contributed by atoms with Crippen LogP contribution in [0.5, 0.6) is 0 Å². The minimum atomic E-state index is -0.999. The van der Waals surface area contributed by atoms with Gasteiger partial charge in [-0.2, -0.15) is 0 Å². The molecule has 1 aliphatic rings. The molecule has 0 amide bonds. The summed E-state index contributed by atoms with van der Waals surface area (Å²) in [6, 6.07) is 0. The Morgan fingerprint density at radius 2 is 2.00 bits per heavy atom. The van der Waals surface area contributed by atoms with Crippen molar-refractivity contribution >= 4 is 8.25 Å². The van der Waals surface area contributed by atoms with Crippen LogP contribution in [0.1, 0.15) is 0 Å². The van der Waals surface area contributed by atoms with E-state index in [1.807, 2.05) is 0 Å². The molecule has 2 heteroatoms. The summed E-state index contributed by atoms with van der Waals surface area (Å²) < 4.78 is 2.19. The van der Waals surface area contributed by atoms with Crippen molar-refractivity contribution in [2.45, 2.75) is 0 Å². The zero-order valence-corrected chi connectivity index (χ0v) is 11.4. The van der Waals surface area contributed by atoms with E-state index in [-0.39, 0.29) is 0 Å². The number of allylic oxidation sites excluding steroid dienone is 5. The van der Waals surface area contributed by atoms with Crippen molar-refractivity contribution in [3.05, 3.63) is 34.0 Å². The number of hydrogen-bond acceptors (Lipinski definition) is 0. The maximum atomic E-state index is 5.67. The summed E-state index contributed by atoms with van der Waals surface area (Å²) in [5, 5.41) is 0.